The lowest BCUT2D eigenvalue weighted by Gasteiger charge is -2.16. The molecule has 0 fully saturated rings. The summed E-state index contributed by atoms with van der Waals surface area (Å²) in [5.41, 5.74) is 5.42. The molecule has 4 rings (SSSR count). The van der Waals surface area contributed by atoms with Crippen LogP contribution in [-0.4, -0.2) is 15.5 Å². The topological polar surface area (TPSA) is 46.9 Å². The number of aromatic nitrogens is 2. The van der Waals surface area contributed by atoms with Gasteiger partial charge in [-0.15, -0.1) is 0 Å². The number of rotatable bonds is 4. The Hall–Kier alpha value is -3.40. The molecule has 0 saturated heterocycles. The van der Waals surface area contributed by atoms with Crippen LogP contribution in [0.5, 0.6) is 0 Å². The molecule has 4 nitrogen and oxygen atoms in total. The van der Waals surface area contributed by atoms with E-state index in [9.17, 15) is 4.79 Å². The summed E-state index contributed by atoms with van der Waals surface area (Å²) in [5, 5.41) is 4.01. The fraction of sp³-hybridized carbons (Fsp3) is 0.167. The molecule has 1 N–H and O–H groups in total. The Balaban J connectivity index is 1.79. The minimum absolute atomic E-state index is 0.0831. The second kappa shape index (κ2) is 7.31. The van der Waals surface area contributed by atoms with E-state index in [2.05, 4.69) is 5.32 Å². The number of pyridine rings is 1. The maximum atomic E-state index is 13.2. The van der Waals surface area contributed by atoms with E-state index in [1.165, 1.54) is 0 Å². The van der Waals surface area contributed by atoms with Crippen LogP contribution >= 0.6 is 0 Å². The number of aryl methyl sites for hydroxylation is 2. The fourth-order valence-corrected chi connectivity index (χ4v) is 3.49. The van der Waals surface area contributed by atoms with Crippen molar-refractivity contribution in [2.45, 2.75) is 19.9 Å². The molecule has 0 bridgehead atoms. The second-order valence-electron chi connectivity index (χ2n) is 7.19. The van der Waals surface area contributed by atoms with E-state index in [4.69, 9.17) is 4.98 Å². The summed E-state index contributed by atoms with van der Waals surface area (Å²) in [6, 6.07) is 21.8. The molecule has 28 heavy (non-hydrogen) atoms. The Labute approximate surface area is 164 Å². The van der Waals surface area contributed by atoms with Crippen LogP contribution in [0, 0.1) is 6.92 Å². The lowest BCUT2D eigenvalue weighted by Crippen LogP contribution is -2.27. The van der Waals surface area contributed by atoms with Crippen LogP contribution in [0.25, 0.3) is 22.3 Å². The monoisotopic (exact) mass is 369 g/mol. The van der Waals surface area contributed by atoms with Crippen molar-refractivity contribution < 1.29 is 4.79 Å². The molecule has 4 aromatic rings. The van der Waals surface area contributed by atoms with Gasteiger partial charge in [0.2, 0.25) is 0 Å². The van der Waals surface area contributed by atoms with Crippen LogP contribution in [-0.2, 0) is 7.05 Å². The summed E-state index contributed by atoms with van der Waals surface area (Å²) in [7, 11) is 1.98. The number of benzene rings is 2. The molecule has 0 radical (unpaired) electrons. The van der Waals surface area contributed by atoms with Gasteiger partial charge in [-0.25, -0.2) is 4.98 Å². The third kappa shape index (κ3) is 3.41. The predicted molar refractivity (Wildman–Crippen MR) is 113 cm³/mol. The number of nitrogens with zero attached hydrogens (tertiary/aromatic N) is 2. The number of hydrogen-bond acceptors (Lipinski definition) is 2. The van der Waals surface area contributed by atoms with Crippen molar-refractivity contribution in [1.29, 1.82) is 0 Å². The highest BCUT2D eigenvalue weighted by Gasteiger charge is 2.17. The third-order valence-corrected chi connectivity index (χ3v) is 5.06. The molecule has 1 atom stereocenters. The Morgan fingerprint density at radius 2 is 1.82 bits per heavy atom. The maximum absolute atomic E-state index is 13.2. The smallest absolute Gasteiger partial charge is 0.252 e. The van der Waals surface area contributed by atoms with Crippen LogP contribution in [0.1, 0.15) is 34.5 Å². The maximum Gasteiger partial charge on any atom is 0.252 e. The molecule has 0 aliphatic carbocycles. The minimum Gasteiger partial charge on any atom is -0.349 e. The fourth-order valence-electron chi connectivity index (χ4n) is 3.49. The second-order valence-corrected chi connectivity index (χ2v) is 7.19. The van der Waals surface area contributed by atoms with Gasteiger partial charge in [-0.2, -0.15) is 0 Å². The first-order valence-electron chi connectivity index (χ1n) is 9.42. The van der Waals surface area contributed by atoms with Crippen LogP contribution < -0.4 is 5.32 Å². The summed E-state index contributed by atoms with van der Waals surface area (Å²) >= 11 is 0. The average molecular weight is 369 g/mol. The van der Waals surface area contributed by atoms with Crippen LogP contribution in [0.4, 0.5) is 0 Å². The van der Waals surface area contributed by atoms with Gasteiger partial charge in [0.15, 0.2) is 0 Å². The molecule has 2 aromatic carbocycles. The quantitative estimate of drug-likeness (QED) is 0.548. The lowest BCUT2D eigenvalue weighted by atomic mass is 10.0. The van der Waals surface area contributed by atoms with E-state index < -0.39 is 0 Å². The van der Waals surface area contributed by atoms with E-state index in [-0.39, 0.29) is 11.9 Å². The first-order valence-corrected chi connectivity index (χ1v) is 9.42. The lowest BCUT2D eigenvalue weighted by molar-refractivity contribution is 0.0941. The zero-order chi connectivity index (χ0) is 19.7. The molecule has 4 heteroatoms. The Bertz CT molecular complexity index is 1150. The molecule has 2 aromatic heterocycles. The van der Waals surface area contributed by atoms with Crippen molar-refractivity contribution in [2.75, 3.05) is 0 Å². The van der Waals surface area contributed by atoms with Gasteiger partial charge in [-0.1, -0.05) is 42.0 Å². The highest BCUT2D eigenvalue weighted by molar-refractivity contribution is 6.07. The standard InChI is InChI=1S/C24H23N3O/c1-16-11-12-21-19(14-16)20(15-22(26-21)23-10-7-13-27(23)3)24(28)25-17(2)18-8-5-4-6-9-18/h4-15,17H,1-3H3,(H,25,28)/t17-/m1/s1. The van der Waals surface area contributed by atoms with Crippen molar-refractivity contribution >= 4 is 16.8 Å². The van der Waals surface area contributed by atoms with Gasteiger partial charge in [0.05, 0.1) is 28.5 Å². The third-order valence-electron chi connectivity index (χ3n) is 5.06. The SMILES string of the molecule is Cc1ccc2nc(-c3cccn3C)cc(C(=O)N[C@H](C)c3ccccc3)c2c1. The van der Waals surface area contributed by atoms with Crippen molar-refractivity contribution in [3.8, 4) is 11.4 Å². The van der Waals surface area contributed by atoms with Gasteiger partial charge in [0.25, 0.3) is 5.91 Å². The largest absolute Gasteiger partial charge is 0.349 e. The Morgan fingerprint density at radius 3 is 2.54 bits per heavy atom. The number of hydrogen-bond donors (Lipinski definition) is 1. The Kier molecular flexibility index (Phi) is 4.70. The molecule has 0 aliphatic heterocycles. The number of nitrogens with one attached hydrogen (secondary N) is 1. The molecule has 0 unspecified atom stereocenters. The van der Waals surface area contributed by atoms with E-state index >= 15 is 0 Å². The van der Waals surface area contributed by atoms with Gasteiger partial charge >= 0.3 is 0 Å². The van der Waals surface area contributed by atoms with Crippen LogP contribution in [0.3, 0.4) is 0 Å². The Morgan fingerprint density at radius 1 is 1.04 bits per heavy atom. The number of carbonyl (C=O) groups excluding carboxylic acids is 1. The van der Waals surface area contributed by atoms with Crippen molar-refractivity contribution in [1.82, 2.24) is 14.9 Å². The molecular weight excluding hydrogens is 346 g/mol. The molecule has 2 heterocycles. The van der Waals surface area contributed by atoms with Crippen molar-refractivity contribution in [2.24, 2.45) is 7.05 Å². The molecular formula is C24H23N3O. The van der Waals surface area contributed by atoms with Crippen LogP contribution in [0.15, 0.2) is 72.9 Å². The highest BCUT2D eigenvalue weighted by Crippen LogP contribution is 2.26. The number of fused-ring (bicyclic) bond motifs is 1. The number of carbonyl (C=O) groups is 1. The van der Waals surface area contributed by atoms with Crippen molar-refractivity contribution in [3.63, 3.8) is 0 Å². The number of amides is 1. The van der Waals surface area contributed by atoms with E-state index in [0.29, 0.717) is 5.56 Å². The first-order chi connectivity index (χ1) is 13.5. The zero-order valence-electron chi connectivity index (χ0n) is 16.3. The van der Waals surface area contributed by atoms with Gasteiger partial charge < -0.3 is 9.88 Å². The van der Waals surface area contributed by atoms with Crippen LogP contribution in [0.2, 0.25) is 0 Å². The molecule has 140 valence electrons. The summed E-state index contributed by atoms with van der Waals surface area (Å²) < 4.78 is 2.01. The zero-order valence-corrected chi connectivity index (χ0v) is 16.3. The van der Waals surface area contributed by atoms with Crippen molar-refractivity contribution in [3.05, 3.63) is 89.6 Å². The molecule has 0 saturated carbocycles. The minimum atomic E-state index is -0.0928. The van der Waals surface area contributed by atoms with E-state index in [1.54, 1.807) is 0 Å². The summed E-state index contributed by atoms with van der Waals surface area (Å²) in [6.45, 7) is 4.03. The predicted octanol–water partition coefficient (Wildman–Crippen LogP) is 5.04. The molecule has 0 aliphatic rings. The van der Waals surface area contributed by atoms with Gasteiger partial charge in [-0.05, 0) is 49.7 Å². The molecule has 1 amide bonds. The van der Waals surface area contributed by atoms with Gasteiger partial charge in [-0.3, -0.25) is 4.79 Å². The molecule has 0 spiro atoms. The van der Waals surface area contributed by atoms with Gasteiger partial charge in [0.1, 0.15) is 0 Å². The summed E-state index contributed by atoms with van der Waals surface area (Å²) in [6.07, 6.45) is 1.98. The van der Waals surface area contributed by atoms with E-state index in [1.807, 2.05) is 98.4 Å². The first kappa shape index (κ1) is 18.0. The summed E-state index contributed by atoms with van der Waals surface area (Å²) in [4.78, 5) is 18.0. The summed E-state index contributed by atoms with van der Waals surface area (Å²) in [5.74, 6) is -0.0928. The van der Waals surface area contributed by atoms with E-state index in [0.717, 1.165) is 33.4 Å². The average Bonchev–Trinajstić information content (AvgIpc) is 3.13. The highest BCUT2D eigenvalue weighted by atomic mass is 16.1. The normalized spacial score (nSPS) is 12.1. The van der Waals surface area contributed by atoms with Gasteiger partial charge in [0, 0.05) is 18.6 Å².